The summed E-state index contributed by atoms with van der Waals surface area (Å²) in [5, 5.41) is 7.21. The van der Waals surface area contributed by atoms with Gasteiger partial charge in [0.1, 0.15) is 22.7 Å². The number of nitrogens with zero attached hydrogens (tertiary/aromatic N) is 4. The van der Waals surface area contributed by atoms with E-state index in [1.165, 1.54) is 0 Å². The van der Waals surface area contributed by atoms with Crippen LogP contribution >= 0.6 is 11.6 Å². The van der Waals surface area contributed by atoms with Crippen LogP contribution in [-0.2, 0) is 25.5 Å². The van der Waals surface area contributed by atoms with Crippen LogP contribution in [0.2, 0.25) is 0 Å². The first kappa shape index (κ1) is 31.8. The molecule has 2 N–H and O–H groups in total. The lowest BCUT2D eigenvalue weighted by molar-refractivity contribution is 0.414. The molecule has 0 fully saturated rings. The van der Waals surface area contributed by atoms with Crippen LogP contribution in [0.1, 0.15) is 29.2 Å². The van der Waals surface area contributed by atoms with Crippen molar-refractivity contribution in [3.8, 4) is 11.5 Å². The Bertz CT molecular complexity index is 1690. The summed E-state index contributed by atoms with van der Waals surface area (Å²) in [5.74, 6) is 3.07. The molecule has 0 atom stereocenters. The maximum atomic E-state index is 13.9. The number of hydrogen-bond donors (Lipinski definition) is 2. The number of fused-ring (bicyclic) bond motifs is 1. The average molecular weight is 627 g/mol. The van der Waals surface area contributed by atoms with Crippen LogP contribution in [0.4, 0.5) is 11.8 Å². The van der Waals surface area contributed by atoms with Gasteiger partial charge in [0.05, 0.1) is 26.3 Å². The summed E-state index contributed by atoms with van der Waals surface area (Å²) in [4.78, 5) is 26.0. The second kappa shape index (κ2) is 15.4. The predicted octanol–water partition coefficient (Wildman–Crippen LogP) is 5.82. The summed E-state index contributed by atoms with van der Waals surface area (Å²) in [5.41, 5.74) is 4.63. The molecule has 0 aliphatic heterocycles. The van der Waals surface area contributed by atoms with E-state index >= 15 is 0 Å². The number of hydrogen-bond acceptors (Lipinski definition) is 8. The van der Waals surface area contributed by atoms with Gasteiger partial charge in [0.2, 0.25) is 5.95 Å². The van der Waals surface area contributed by atoms with Gasteiger partial charge in [-0.3, -0.25) is 4.79 Å². The third-order valence-electron chi connectivity index (χ3n) is 7.53. The number of rotatable bonds is 15. The van der Waals surface area contributed by atoms with Crippen molar-refractivity contribution in [2.24, 2.45) is 0 Å². The van der Waals surface area contributed by atoms with Crippen LogP contribution in [0.5, 0.6) is 11.5 Å². The maximum Gasteiger partial charge on any atom is 0.264 e. The predicted molar refractivity (Wildman–Crippen MR) is 182 cm³/mol. The molecule has 0 aliphatic carbocycles. The monoisotopic (exact) mass is 626 g/mol. The van der Waals surface area contributed by atoms with Gasteiger partial charge in [-0.05, 0) is 59.1 Å². The van der Waals surface area contributed by atoms with Gasteiger partial charge in [-0.15, -0.1) is 11.6 Å². The highest BCUT2D eigenvalue weighted by Crippen LogP contribution is 2.25. The van der Waals surface area contributed by atoms with Gasteiger partial charge < -0.3 is 29.6 Å². The molecule has 2 aromatic heterocycles. The molecule has 0 radical (unpaired) electrons. The quantitative estimate of drug-likeness (QED) is 0.111. The van der Waals surface area contributed by atoms with Gasteiger partial charge in [-0.1, -0.05) is 55.5 Å². The van der Waals surface area contributed by atoms with Crippen LogP contribution in [0.3, 0.4) is 0 Å². The number of alkyl halides is 1. The Kier molecular flexibility index (Phi) is 10.9. The van der Waals surface area contributed by atoms with Crippen molar-refractivity contribution in [3.05, 3.63) is 118 Å². The zero-order valence-corrected chi connectivity index (χ0v) is 26.7. The molecule has 9 nitrogen and oxygen atoms in total. The third kappa shape index (κ3) is 8.12. The number of aromatic nitrogens is 3. The van der Waals surface area contributed by atoms with E-state index < -0.39 is 0 Å². The van der Waals surface area contributed by atoms with Crippen molar-refractivity contribution in [1.82, 2.24) is 19.9 Å². The second-order valence-corrected chi connectivity index (χ2v) is 10.9. The third-order valence-corrected chi connectivity index (χ3v) is 7.84. The lowest BCUT2D eigenvalue weighted by atomic mass is 10.1. The molecule has 45 heavy (non-hydrogen) atoms. The lowest BCUT2D eigenvalue weighted by Gasteiger charge is -2.24. The Morgan fingerprint density at radius 3 is 1.91 bits per heavy atom. The van der Waals surface area contributed by atoms with Gasteiger partial charge in [-0.2, -0.15) is 4.98 Å². The Morgan fingerprint density at radius 1 is 0.778 bits per heavy atom. The summed E-state index contributed by atoms with van der Waals surface area (Å²) in [6.45, 7) is 5.77. The SMILES string of the molecule is CCNCCNc1nc(N(Cc2ccc(OC)cc2)Cc2ccc(OC)cc2)nc2ccn(Cc3ccc(CCl)cc3)c(=O)c12. The lowest BCUT2D eigenvalue weighted by Crippen LogP contribution is -2.28. The van der Waals surface area contributed by atoms with Gasteiger partial charge in [0, 0.05) is 38.3 Å². The number of ether oxygens (including phenoxy) is 2. The smallest absolute Gasteiger partial charge is 0.264 e. The number of benzene rings is 3. The molecule has 3 aromatic carbocycles. The van der Waals surface area contributed by atoms with Crippen molar-refractivity contribution in [1.29, 1.82) is 0 Å². The first-order valence-corrected chi connectivity index (χ1v) is 15.5. The van der Waals surface area contributed by atoms with Crippen LogP contribution in [0.15, 0.2) is 89.9 Å². The molecular weight excluding hydrogens is 588 g/mol. The molecule has 10 heteroatoms. The minimum atomic E-state index is -0.150. The Hall–Kier alpha value is -4.60. The van der Waals surface area contributed by atoms with E-state index in [0.717, 1.165) is 46.8 Å². The molecule has 5 aromatic rings. The Balaban J connectivity index is 1.55. The van der Waals surface area contributed by atoms with E-state index in [1.54, 1.807) is 25.0 Å². The van der Waals surface area contributed by atoms with Gasteiger partial charge >= 0.3 is 0 Å². The number of methoxy groups -OCH3 is 2. The molecule has 234 valence electrons. The molecule has 0 bridgehead atoms. The molecular formula is C35H39ClN6O3. The zero-order chi connectivity index (χ0) is 31.6. The van der Waals surface area contributed by atoms with E-state index in [0.29, 0.717) is 54.7 Å². The number of anilines is 2. The van der Waals surface area contributed by atoms with Crippen LogP contribution in [0, 0.1) is 0 Å². The van der Waals surface area contributed by atoms with Crippen molar-refractivity contribution >= 4 is 34.3 Å². The Morgan fingerprint density at radius 2 is 1.36 bits per heavy atom. The van der Waals surface area contributed by atoms with E-state index in [4.69, 9.17) is 31.0 Å². The normalized spacial score (nSPS) is 11.0. The molecule has 5 rings (SSSR count). The number of nitrogens with one attached hydrogen (secondary N) is 2. The van der Waals surface area contributed by atoms with Crippen LogP contribution < -0.4 is 30.6 Å². The standard InChI is InChI=1S/C35H39ClN6O3/c1-4-37-18-19-38-33-32-31(17-20-41(34(32)43)22-26-7-5-25(21-36)6-8-26)39-35(40-33)42(23-27-9-13-29(44-2)14-10-27)24-28-11-15-30(45-3)16-12-28/h5-17,20,37H,4,18-19,21-24H2,1-3H3,(H,38,39,40). The van der Waals surface area contributed by atoms with Gasteiger partial charge in [0.15, 0.2) is 0 Å². The van der Waals surface area contributed by atoms with Crippen molar-refractivity contribution < 1.29 is 9.47 Å². The highest BCUT2D eigenvalue weighted by molar-refractivity contribution is 6.17. The minimum Gasteiger partial charge on any atom is -0.497 e. The van der Waals surface area contributed by atoms with Crippen molar-refractivity contribution in [3.63, 3.8) is 0 Å². The molecule has 0 saturated heterocycles. The summed E-state index contributed by atoms with van der Waals surface area (Å²) in [6.07, 6.45) is 1.80. The Labute approximate surface area is 268 Å². The molecule has 0 aliphatic rings. The molecule has 0 spiro atoms. The van der Waals surface area contributed by atoms with E-state index in [1.807, 2.05) is 78.9 Å². The molecule has 0 amide bonds. The number of pyridine rings is 1. The minimum absolute atomic E-state index is 0.150. The highest BCUT2D eigenvalue weighted by Gasteiger charge is 2.18. The van der Waals surface area contributed by atoms with E-state index in [9.17, 15) is 4.79 Å². The summed E-state index contributed by atoms with van der Waals surface area (Å²) in [7, 11) is 3.31. The first-order valence-electron chi connectivity index (χ1n) is 15.0. The average Bonchev–Trinajstić information content (AvgIpc) is 3.08. The molecule has 0 unspecified atom stereocenters. The van der Waals surface area contributed by atoms with Crippen LogP contribution in [-0.4, -0.2) is 48.4 Å². The highest BCUT2D eigenvalue weighted by atomic mass is 35.5. The first-order chi connectivity index (χ1) is 22.0. The molecule has 2 heterocycles. The van der Waals surface area contributed by atoms with Crippen molar-refractivity contribution in [2.45, 2.75) is 32.4 Å². The van der Waals surface area contributed by atoms with E-state index in [-0.39, 0.29) is 5.56 Å². The summed E-state index contributed by atoms with van der Waals surface area (Å²) >= 11 is 5.96. The van der Waals surface area contributed by atoms with Gasteiger partial charge in [-0.25, -0.2) is 4.98 Å². The zero-order valence-electron chi connectivity index (χ0n) is 25.9. The maximum absolute atomic E-state index is 13.9. The summed E-state index contributed by atoms with van der Waals surface area (Å²) in [6, 6.07) is 25.8. The fourth-order valence-corrected chi connectivity index (χ4v) is 5.22. The fourth-order valence-electron chi connectivity index (χ4n) is 5.04. The largest absolute Gasteiger partial charge is 0.497 e. The summed E-state index contributed by atoms with van der Waals surface area (Å²) < 4.78 is 12.4. The topological polar surface area (TPSA) is 93.5 Å². The van der Waals surface area contributed by atoms with Gasteiger partial charge in [0.25, 0.3) is 5.56 Å². The van der Waals surface area contributed by atoms with Crippen LogP contribution in [0.25, 0.3) is 10.9 Å². The molecule has 0 saturated carbocycles. The number of halogens is 1. The van der Waals surface area contributed by atoms with Crippen molar-refractivity contribution in [2.75, 3.05) is 44.1 Å². The fraction of sp³-hybridized carbons (Fsp3) is 0.286. The van der Waals surface area contributed by atoms with E-state index in [2.05, 4.69) is 22.5 Å². The number of likely N-dealkylation sites (N-methyl/N-ethyl adjacent to an activating group) is 1. The second-order valence-electron chi connectivity index (χ2n) is 10.7.